The van der Waals surface area contributed by atoms with E-state index in [0.717, 1.165) is 15.7 Å². The highest BCUT2D eigenvalue weighted by Gasteiger charge is 2.03. The highest BCUT2D eigenvalue weighted by molar-refractivity contribution is 9.10. The van der Waals surface area contributed by atoms with E-state index in [0.29, 0.717) is 6.54 Å². The number of halogens is 3. The van der Waals surface area contributed by atoms with Gasteiger partial charge in [0.25, 0.3) is 0 Å². The van der Waals surface area contributed by atoms with Gasteiger partial charge < -0.3 is 5.32 Å². The van der Waals surface area contributed by atoms with Crippen LogP contribution in [0.3, 0.4) is 0 Å². The van der Waals surface area contributed by atoms with Crippen molar-refractivity contribution in [1.29, 1.82) is 0 Å². The fourth-order valence-corrected chi connectivity index (χ4v) is 2.13. The van der Waals surface area contributed by atoms with E-state index in [1.807, 2.05) is 31.2 Å². The summed E-state index contributed by atoms with van der Waals surface area (Å²) in [4.78, 5) is 0. The van der Waals surface area contributed by atoms with Crippen molar-refractivity contribution in [2.45, 2.75) is 13.5 Å². The lowest BCUT2D eigenvalue weighted by atomic mass is 10.2. The third kappa shape index (κ3) is 3.24. The molecule has 0 aliphatic carbocycles. The summed E-state index contributed by atoms with van der Waals surface area (Å²) in [7, 11) is 0. The summed E-state index contributed by atoms with van der Waals surface area (Å²) in [5.41, 5.74) is 3.01. The maximum Gasteiger partial charge on any atom is 0.142 e. The highest BCUT2D eigenvalue weighted by Crippen LogP contribution is 2.24. The number of hydrogen-bond acceptors (Lipinski definition) is 1. The minimum absolute atomic E-state index is 0.149. The predicted molar refractivity (Wildman–Crippen MR) is 77.6 cm³/mol. The molecule has 0 amide bonds. The molecule has 0 aliphatic rings. The summed E-state index contributed by atoms with van der Waals surface area (Å²) in [6.07, 6.45) is 0. The number of benzene rings is 2. The van der Waals surface area contributed by atoms with Gasteiger partial charge in [0.05, 0.1) is 5.02 Å². The van der Waals surface area contributed by atoms with Crippen molar-refractivity contribution in [3.05, 3.63) is 62.8 Å². The third-order valence-corrected chi connectivity index (χ3v) is 3.59. The number of hydrogen-bond donors (Lipinski definition) is 1. The Morgan fingerprint density at radius 1 is 1.22 bits per heavy atom. The first-order valence-electron chi connectivity index (χ1n) is 5.50. The Labute approximate surface area is 119 Å². The van der Waals surface area contributed by atoms with Crippen LogP contribution in [0.25, 0.3) is 0 Å². The third-order valence-electron chi connectivity index (χ3n) is 2.59. The van der Waals surface area contributed by atoms with Crippen LogP contribution in [0.15, 0.2) is 40.9 Å². The molecule has 0 aromatic heterocycles. The summed E-state index contributed by atoms with van der Waals surface area (Å²) in [5.74, 6) is -0.390. The van der Waals surface area contributed by atoms with E-state index >= 15 is 0 Å². The zero-order valence-electron chi connectivity index (χ0n) is 9.81. The van der Waals surface area contributed by atoms with Crippen LogP contribution in [0, 0.1) is 12.7 Å². The number of aryl methyl sites for hydroxylation is 1. The highest BCUT2D eigenvalue weighted by atomic mass is 79.9. The zero-order chi connectivity index (χ0) is 13.1. The van der Waals surface area contributed by atoms with Gasteiger partial charge in [-0.25, -0.2) is 4.39 Å². The standard InChI is InChI=1S/C14H12BrClFN/c1-9-2-4-11(15)14(6-9)18-8-10-3-5-12(16)13(17)7-10/h2-7,18H,8H2,1H3. The average Bonchev–Trinajstić information content (AvgIpc) is 2.34. The van der Waals surface area contributed by atoms with E-state index in [2.05, 4.69) is 21.2 Å². The molecule has 0 atom stereocenters. The first-order valence-corrected chi connectivity index (χ1v) is 6.67. The van der Waals surface area contributed by atoms with Gasteiger partial charge >= 0.3 is 0 Å². The molecule has 18 heavy (non-hydrogen) atoms. The maximum atomic E-state index is 13.3. The SMILES string of the molecule is Cc1ccc(Br)c(NCc2ccc(Cl)c(F)c2)c1. The van der Waals surface area contributed by atoms with Gasteiger partial charge in [-0.15, -0.1) is 0 Å². The molecule has 94 valence electrons. The molecule has 0 radical (unpaired) electrons. The molecular formula is C14H12BrClFN. The summed E-state index contributed by atoms with van der Waals surface area (Å²) in [5, 5.41) is 3.41. The molecule has 0 aliphatic heterocycles. The topological polar surface area (TPSA) is 12.0 Å². The molecule has 2 aromatic rings. The Morgan fingerprint density at radius 3 is 2.72 bits per heavy atom. The second-order valence-electron chi connectivity index (χ2n) is 4.09. The van der Waals surface area contributed by atoms with Gasteiger partial charge in [-0.3, -0.25) is 0 Å². The van der Waals surface area contributed by atoms with Crippen molar-refractivity contribution < 1.29 is 4.39 Å². The van der Waals surface area contributed by atoms with Crippen molar-refractivity contribution in [3.8, 4) is 0 Å². The Balaban J connectivity index is 2.11. The van der Waals surface area contributed by atoms with E-state index in [1.54, 1.807) is 6.07 Å². The molecule has 1 nitrogen and oxygen atoms in total. The normalized spacial score (nSPS) is 10.4. The van der Waals surface area contributed by atoms with Crippen LogP contribution in [0.4, 0.5) is 10.1 Å². The van der Waals surface area contributed by atoms with Crippen LogP contribution in [-0.4, -0.2) is 0 Å². The largest absolute Gasteiger partial charge is 0.380 e. The van der Waals surface area contributed by atoms with Crippen LogP contribution in [0.1, 0.15) is 11.1 Å². The molecule has 0 spiro atoms. The lowest BCUT2D eigenvalue weighted by Crippen LogP contribution is -2.00. The van der Waals surface area contributed by atoms with Crippen LogP contribution in [-0.2, 0) is 6.54 Å². The van der Waals surface area contributed by atoms with E-state index in [-0.39, 0.29) is 10.8 Å². The lowest BCUT2D eigenvalue weighted by Gasteiger charge is -2.10. The van der Waals surface area contributed by atoms with Gasteiger partial charge in [0.2, 0.25) is 0 Å². The molecule has 2 aromatic carbocycles. The van der Waals surface area contributed by atoms with Gasteiger partial charge in [0, 0.05) is 16.7 Å². The Bertz CT molecular complexity index is 572. The molecule has 0 unspecified atom stereocenters. The van der Waals surface area contributed by atoms with Gasteiger partial charge in [0.1, 0.15) is 5.82 Å². The zero-order valence-corrected chi connectivity index (χ0v) is 12.1. The second-order valence-corrected chi connectivity index (χ2v) is 5.35. The summed E-state index contributed by atoms with van der Waals surface area (Å²) in [6, 6.07) is 10.9. The van der Waals surface area contributed by atoms with Gasteiger partial charge in [-0.05, 0) is 58.2 Å². The molecule has 4 heteroatoms. The maximum absolute atomic E-state index is 13.3. The van der Waals surface area contributed by atoms with Crippen LogP contribution in [0.5, 0.6) is 0 Å². The minimum atomic E-state index is -0.390. The van der Waals surface area contributed by atoms with Crippen molar-refractivity contribution in [2.75, 3.05) is 5.32 Å². The van der Waals surface area contributed by atoms with Crippen LogP contribution in [0.2, 0.25) is 5.02 Å². The minimum Gasteiger partial charge on any atom is -0.380 e. The molecule has 1 N–H and O–H groups in total. The summed E-state index contributed by atoms with van der Waals surface area (Å²) < 4.78 is 14.3. The second kappa shape index (κ2) is 5.72. The summed E-state index contributed by atoms with van der Waals surface area (Å²) >= 11 is 9.11. The van der Waals surface area contributed by atoms with E-state index in [9.17, 15) is 4.39 Å². The molecule has 0 saturated heterocycles. The fraction of sp³-hybridized carbons (Fsp3) is 0.143. The van der Waals surface area contributed by atoms with Gasteiger partial charge in [-0.1, -0.05) is 23.7 Å². The monoisotopic (exact) mass is 327 g/mol. The first-order chi connectivity index (χ1) is 8.56. The first kappa shape index (κ1) is 13.4. The van der Waals surface area contributed by atoms with E-state index < -0.39 is 0 Å². The smallest absolute Gasteiger partial charge is 0.142 e. The van der Waals surface area contributed by atoms with E-state index in [4.69, 9.17) is 11.6 Å². The van der Waals surface area contributed by atoms with Crippen LogP contribution < -0.4 is 5.32 Å². The predicted octanol–water partition coefficient (Wildman–Crippen LogP) is 5.16. The molecule has 2 rings (SSSR count). The Kier molecular flexibility index (Phi) is 4.25. The van der Waals surface area contributed by atoms with Crippen LogP contribution >= 0.6 is 27.5 Å². The fourth-order valence-electron chi connectivity index (χ4n) is 1.62. The number of rotatable bonds is 3. The molecule has 0 saturated carbocycles. The van der Waals surface area contributed by atoms with Crippen molar-refractivity contribution >= 4 is 33.2 Å². The van der Waals surface area contributed by atoms with Gasteiger partial charge in [0.15, 0.2) is 0 Å². The van der Waals surface area contributed by atoms with E-state index in [1.165, 1.54) is 11.6 Å². The average molecular weight is 329 g/mol. The summed E-state index contributed by atoms with van der Waals surface area (Å²) in [6.45, 7) is 2.58. The number of nitrogens with one attached hydrogen (secondary N) is 1. The molecular weight excluding hydrogens is 317 g/mol. The van der Waals surface area contributed by atoms with Crippen molar-refractivity contribution in [2.24, 2.45) is 0 Å². The van der Waals surface area contributed by atoms with Gasteiger partial charge in [-0.2, -0.15) is 0 Å². The lowest BCUT2D eigenvalue weighted by molar-refractivity contribution is 0.626. The Hall–Kier alpha value is -1.06. The Morgan fingerprint density at radius 2 is 2.00 bits per heavy atom. The quantitative estimate of drug-likeness (QED) is 0.820. The molecule has 0 heterocycles. The molecule has 0 fully saturated rings. The molecule has 0 bridgehead atoms. The van der Waals surface area contributed by atoms with Crippen molar-refractivity contribution in [3.63, 3.8) is 0 Å². The van der Waals surface area contributed by atoms with Crippen molar-refractivity contribution in [1.82, 2.24) is 0 Å². The number of anilines is 1.